The van der Waals surface area contributed by atoms with E-state index in [0.29, 0.717) is 12.4 Å². The summed E-state index contributed by atoms with van der Waals surface area (Å²) in [4.78, 5) is 11.8. The molecule has 0 aliphatic rings. The lowest BCUT2D eigenvalue weighted by molar-refractivity contribution is 0.0970. The van der Waals surface area contributed by atoms with Crippen LogP contribution in [0.25, 0.3) is 0 Å². The Kier molecular flexibility index (Phi) is 8.90. The van der Waals surface area contributed by atoms with Crippen molar-refractivity contribution in [3.63, 3.8) is 0 Å². The van der Waals surface area contributed by atoms with E-state index in [1.165, 1.54) is 36.8 Å². The van der Waals surface area contributed by atoms with E-state index >= 15 is 0 Å². The predicted molar refractivity (Wildman–Crippen MR) is 110 cm³/mol. The summed E-state index contributed by atoms with van der Waals surface area (Å²) in [5.41, 5.74) is 4.75. The fraction of sp³-hybridized carbons (Fsp3) is 0.458. The summed E-state index contributed by atoms with van der Waals surface area (Å²) in [6.45, 7) is 6.46. The molecule has 0 radical (unpaired) electrons. The maximum Gasteiger partial charge on any atom is 0.513 e. The van der Waals surface area contributed by atoms with Gasteiger partial charge in [-0.05, 0) is 68.4 Å². The third-order valence-corrected chi connectivity index (χ3v) is 5.12. The maximum atomic E-state index is 11.8. The number of aryl methyl sites for hydroxylation is 2. The quantitative estimate of drug-likeness (QED) is 0.265. The monoisotopic (exact) mass is 368 g/mol. The molecule has 0 heterocycles. The zero-order valence-corrected chi connectivity index (χ0v) is 16.9. The second-order valence-corrected chi connectivity index (χ2v) is 7.19. The molecule has 146 valence electrons. The number of rotatable bonds is 10. The minimum absolute atomic E-state index is 0.423. The van der Waals surface area contributed by atoms with Crippen LogP contribution in [0.2, 0.25) is 0 Å². The van der Waals surface area contributed by atoms with Gasteiger partial charge in [0.2, 0.25) is 0 Å². The molecule has 0 spiro atoms. The Bertz CT molecular complexity index is 707. The molecule has 0 N–H and O–H groups in total. The van der Waals surface area contributed by atoms with Gasteiger partial charge < -0.3 is 9.47 Å². The molecule has 3 heteroatoms. The first-order valence-electron chi connectivity index (χ1n) is 10.0. The van der Waals surface area contributed by atoms with Crippen molar-refractivity contribution in [3.8, 4) is 5.75 Å². The van der Waals surface area contributed by atoms with E-state index in [2.05, 4.69) is 30.3 Å². The lowest BCUT2D eigenvalue weighted by atomic mass is 10.0. The van der Waals surface area contributed by atoms with Crippen molar-refractivity contribution in [2.45, 2.75) is 65.7 Å². The maximum absolute atomic E-state index is 11.8. The normalized spacial score (nSPS) is 10.6. The van der Waals surface area contributed by atoms with Crippen LogP contribution in [0.3, 0.4) is 0 Å². The van der Waals surface area contributed by atoms with Crippen LogP contribution in [-0.4, -0.2) is 12.8 Å². The van der Waals surface area contributed by atoms with Crippen molar-refractivity contribution >= 4 is 6.16 Å². The van der Waals surface area contributed by atoms with E-state index in [1.807, 2.05) is 32.9 Å². The summed E-state index contributed by atoms with van der Waals surface area (Å²) in [5, 5.41) is 0. The highest BCUT2D eigenvalue weighted by atomic mass is 16.7. The second kappa shape index (κ2) is 11.4. The van der Waals surface area contributed by atoms with Gasteiger partial charge in [0.25, 0.3) is 0 Å². The molecule has 0 saturated carbocycles. The summed E-state index contributed by atoms with van der Waals surface area (Å²) >= 11 is 0. The molecule has 2 aromatic carbocycles. The molecule has 0 amide bonds. The number of unbranched alkanes of at least 4 members (excludes halogenated alkanes) is 5. The van der Waals surface area contributed by atoms with E-state index in [-0.39, 0.29) is 0 Å². The Morgan fingerprint density at radius 1 is 0.778 bits per heavy atom. The van der Waals surface area contributed by atoms with Crippen LogP contribution in [0.15, 0.2) is 42.5 Å². The van der Waals surface area contributed by atoms with Crippen LogP contribution in [0, 0.1) is 20.8 Å². The smallest absolute Gasteiger partial charge is 0.434 e. The molecule has 0 fully saturated rings. The Labute approximate surface area is 163 Å². The summed E-state index contributed by atoms with van der Waals surface area (Å²) in [7, 11) is 0. The number of hydrogen-bond acceptors (Lipinski definition) is 3. The minimum atomic E-state index is -0.607. The average molecular weight is 369 g/mol. The highest BCUT2D eigenvalue weighted by Crippen LogP contribution is 2.24. The van der Waals surface area contributed by atoms with Gasteiger partial charge in [0.1, 0.15) is 5.75 Å². The highest BCUT2D eigenvalue weighted by molar-refractivity contribution is 5.65. The van der Waals surface area contributed by atoms with Crippen molar-refractivity contribution in [2.75, 3.05) is 6.61 Å². The Balaban J connectivity index is 1.50. The largest absolute Gasteiger partial charge is 0.513 e. The third kappa shape index (κ3) is 7.46. The summed E-state index contributed by atoms with van der Waals surface area (Å²) in [6, 6.07) is 14.4. The SMILES string of the molecule is Cc1ccc(OC(=O)OCCCCCCCCc2ccccc2)c(C)c1C. The van der Waals surface area contributed by atoms with Crippen molar-refractivity contribution in [3.05, 3.63) is 64.7 Å². The lowest BCUT2D eigenvalue weighted by Gasteiger charge is -2.11. The topological polar surface area (TPSA) is 35.5 Å². The molecule has 0 atom stereocenters. The van der Waals surface area contributed by atoms with Crippen LogP contribution in [-0.2, 0) is 11.2 Å². The molecule has 0 unspecified atom stereocenters. The number of benzene rings is 2. The molecule has 0 bridgehead atoms. The molecule has 0 saturated heterocycles. The van der Waals surface area contributed by atoms with E-state index < -0.39 is 6.16 Å². The molecular weight excluding hydrogens is 336 g/mol. The van der Waals surface area contributed by atoms with Crippen LogP contribution in [0.1, 0.15) is 60.8 Å². The van der Waals surface area contributed by atoms with Gasteiger partial charge in [-0.2, -0.15) is 0 Å². The van der Waals surface area contributed by atoms with Crippen LogP contribution >= 0.6 is 0 Å². The third-order valence-electron chi connectivity index (χ3n) is 5.12. The van der Waals surface area contributed by atoms with Gasteiger partial charge >= 0.3 is 6.16 Å². The summed E-state index contributed by atoms with van der Waals surface area (Å²) < 4.78 is 10.5. The minimum Gasteiger partial charge on any atom is -0.434 e. The Morgan fingerprint density at radius 2 is 1.44 bits per heavy atom. The van der Waals surface area contributed by atoms with Gasteiger partial charge in [0.15, 0.2) is 0 Å². The summed E-state index contributed by atoms with van der Waals surface area (Å²) in [5.74, 6) is 0.585. The number of carbonyl (C=O) groups is 1. The Morgan fingerprint density at radius 3 is 2.19 bits per heavy atom. The fourth-order valence-corrected chi connectivity index (χ4v) is 3.10. The zero-order valence-electron chi connectivity index (χ0n) is 16.9. The molecular formula is C24H32O3. The molecule has 0 aliphatic heterocycles. The molecule has 0 aliphatic carbocycles. The van der Waals surface area contributed by atoms with Gasteiger partial charge in [-0.25, -0.2) is 4.79 Å². The first-order chi connectivity index (χ1) is 13.1. The van der Waals surface area contributed by atoms with Gasteiger partial charge in [-0.15, -0.1) is 0 Å². The molecule has 2 rings (SSSR count). The van der Waals surface area contributed by atoms with Crippen molar-refractivity contribution in [1.82, 2.24) is 0 Å². The lowest BCUT2D eigenvalue weighted by Crippen LogP contribution is -2.12. The highest BCUT2D eigenvalue weighted by Gasteiger charge is 2.10. The standard InChI is InChI=1S/C24H32O3/c1-19-16-17-23(21(3)20(19)2)27-24(25)26-18-12-7-5-4-6-9-13-22-14-10-8-11-15-22/h8,10-11,14-17H,4-7,9,12-13,18H2,1-3H3. The van der Waals surface area contributed by atoms with Gasteiger partial charge in [-0.3, -0.25) is 0 Å². The first-order valence-corrected chi connectivity index (χ1v) is 10.0. The van der Waals surface area contributed by atoms with E-state index in [0.717, 1.165) is 30.4 Å². The van der Waals surface area contributed by atoms with Gasteiger partial charge in [0, 0.05) is 0 Å². The van der Waals surface area contributed by atoms with E-state index in [4.69, 9.17) is 9.47 Å². The van der Waals surface area contributed by atoms with Gasteiger partial charge in [0.05, 0.1) is 6.61 Å². The van der Waals surface area contributed by atoms with Crippen molar-refractivity contribution < 1.29 is 14.3 Å². The number of carbonyl (C=O) groups excluding carboxylic acids is 1. The average Bonchev–Trinajstić information content (AvgIpc) is 2.68. The van der Waals surface area contributed by atoms with Crippen LogP contribution < -0.4 is 4.74 Å². The van der Waals surface area contributed by atoms with Gasteiger partial charge in [-0.1, -0.05) is 62.1 Å². The zero-order chi connectivity index (χ0) is 19.5. The van der Waals surface area contributed by atoms with E-state index in [9.17, 15) is 4.79 Å². The number of ether oxygens (including phenoxy) is 2. The molecule has 3 nitrogen and oxygen atoms in total. The molecule has 0 aromatic heterocycles. The van der Waals surface area contributed by atoms with Crippen molar-refractivity contribution in [2.24, 2.45) is 0 Å². The number of hydrogen-bond donors (Lipinski definition) is 0. The Hall–Kier alpha value is -2.29. The van der Waals surface area contributed by atoms with Crippen LogP contribution in [0.5, 0.6) is 5.75 Å². The first kappa shape index (κ1) is 21.0. The van der Waals surface area contributed by atoms with Crippen LogP contribution in [0.4, 0.5) is 4.79 Å². The summed E-state index contributed by atoms with van der Waals surface area (Å²) in [6.07, 6.45) is 7.44. The molecule has 2 aromatic rings. The molecule has 27 heavy (non-hydrogen) atoms. The van der Waals surface area contributed by atoms with E-state index in [1.54, 1.807) is 0 Å². The van der Waals surface area contributed by atoms with Crippen molar-refractivity contribution in [1.29, 1.82) is 0 Å². The fourth-order valence-electron chi connectivity index (χ4n) is 3.10. The predicted octanol–water partition coefficient (Wildman–Crippen LogP) is 6.71. The second-order valence-electron chi connectivity index (χ2n) is 7.19.